The van der Waals surface area contributed by atoms with Gasteiger partial charge in [-0.25, -0.2) is 9.59 Å². The minimum Gasteiger partial charge on any atom is -0.463 e. The van der Waals surface area contributed by atoms with E-state index in [1.54, 1.807) is 6.92 Å². The van der Waals surface area contributed by atoms with Gasteiger partial charge in [-0.15, -0.1) is 0 Å². The minimum atomic E-state index is -0.399. The number of carbonyl (C=O) groups excluding carboxylic acids is 3. The first kappa shape index (κ1) is 21.8. The molecule has 1 atom stereocenters. The third-order valence-corrected chi connectivity index (χ3v) is 5.53. The number of esters is 1. The van der Waals surface area contributed by atoms with Gasteiger partial charge in [-0.05, 0) is 51.4 Å². The summed E-state index contributed by atoms with van der Waals surface area (Å²) >= 11 is 0. The number of para-hydroxylation sites is 1. The molecule has 3 N–H and O–H groups in total. The molecule has 0 radical (unpaired) electrons. The zero-order chi connectivity index (χ0) is 21.5. The Morgan fingerprint density at radius 1 is 1.17 bits per heavy atom. The normalized spacial score (nSPS) is 20.3. The second kappa shape index (κ2) is 10.2. The lowest BCUT2D eigenvalue weighted by atomic mass is 9.94. The van der Waals surface area contributed by atoms with Crippen LogP contribution in [0.3, 0.4) is 0 Å². The number of nitrogens with zero attached hydrogens (tertiary/aromatic N) is 1. The summed E-state index contributed by atoms with van der Waals surface area (Å²) in [6.45, 7) is 5.84. The van der Waals surface area contributed by atoms with E-state index in [4.69, 9.17) is 4.74 Å². The Balaban J connectivity index is 1.62. The summed E-state index contributed by atoms with van der Waals surface area (Å²) in [6, 6.07) is 8.79. The number of anilines is 1. The quantitative estimate of drug-likeness (QED) is 0.594. The smallest absolute Gasteiger partial charge is 0.337 e. The Bertz CT molecular complexity index is 801. The van der Waals surface area contributed by atoms with Gasteiger partial charge in [-0.2, -0.15) is 0 Å². The summed E-state index contributed by atoms with van der Waals surface area (Å²) in [5.41, 5.74) is 1.89. The van der Waals surface area contributed by atoms with E-state index in [1.165, 1.54) is 0 Å². The number of rotatable bonds is 7. The van der Waals surface area contributed by atoms with Crippen LogP contribution in [0.2, 0.25) is 0 Å². The van der Waals surface area contributed by atoms with Gasteiger partial charge in [0.15, 0.2) is 0 Å². The van der Waals surface area contributed by atoms with Crippen molar-refractivity contribution in [2.45, 2.75) is 39.2 Å². The molecule has 2 aliphatic rings. The van der Waals surface area contributed by atoms with Crippen LogP contribution in [0.25, 0.3) is 0 Å². The average Bonchev–Trinajstić information content (AvgIpc) is 2.74. The lowest BCUT2D eigenvalue weighted by Crippen LogP contribution is -2.52. The van der Waals surface area contributed by atoms with Crippen LogP contribution < -0.4 is 16.0 Å². The van der Waals surface area contributed by atoms with E-state index in [-0.39, 0.29) is 30.5 Å². The molecule has 162 valence electrons. The van der Waals surface area contributed by atoms with E-state index in [9.17, 15) is 14.4 Å². The van der Waals surface area contributed by atoms with Crippen molar-refractivity contribution < 1.29 is 19.1 Å². The monoisotopic (exact) mass is 414 g/mol. The molecule has 1 fully saturated rings. The molecule has 3 amide bonds. The highest BCUT2D eigenvalue weighted by atomic mass is 16.5. The number of hydrogen-bond donors (Lipinski definition) is 3. The number of hydrogen-bond acceptors (Lipinski definition) is 5. The molecule has 0 aromatic heterocycles. The van der Waals surface area contributed by atoms with Crippen molar-refractivity contribution in [1.82, 2.24) is 15.5 Å². The lowest BCUT2D eigenvalue weighted by molar-refractivity contribution is -0.139. The molecule has 30 heavy (non-hydrogen) atoms. The molecule has 0 unspecified atom stereocenters. The zero-order valence-electron chi connectivity index (χ0n) is 17.6. The summed E-state index contributed by atoms with van der Waals surface area (Å²) in [4.78, 5) is 39.2. The van der Waals surface area contributed by atoms with E-state index in [0.717, 1.165) is 18.5 Å². The number of urea groups is 1. The van der Waals surface area contributed by atoms with Gasteiger partial charge in [0, 0.05) is 23.8 Å². The molecule has 1 aromatic carbocycles. The SMILES string of the molecule is CCOC(=O)C1=C(CN2CCC(C(=O)Nc3ccccc3)CC2)NC(=O)N[C@@H]1CC. The Morgan fingerprint density at radius 3 is 2.50 bits per heavy atom. The first-order valence-corrected chi connectivity index (χ1v) is 10.6. The number of benzene rings is 1. The largest absolute Gasteiger partial charge is 0.463 e. The maximum Gasteiger partial charge on any atom is 0.337 e. The molecule has 0 aliphatic carbocycles. The topological polar surface area (TPSA) is 99.8 Å². The van der Waals surface area contributed by atoms with Crippen LogP contribution >= 0.6 is 0 Å². The van der Waals surface area contributed by atoms with Crippen molar-refractivity contribution in [3.63, 3.8) is 0 Å². The molecule has 2 aliphatic heterocycles. The summed E-state index contributed by atoms with van der Waals surface area (Å²) < 4.78 is 5.21. The summed E-state index contributed by atoms with van der Waals surface area (Å²) in [5, 5.41) is 8.55. The predicted octanol–water partition coefficient (Wildman–Crippen LogP) is 2.25. The van der Waals surface area contributed by atoms with Crippen LogP contribution in [-0.4, -0.2) is 55.1 Å². The van der Waals surface area contributed by atoms with Crippen LogP contribution in [0.4, 0.5) is 10.5 Å². The maximum absolute atomic E-state index is 12.5. The molecule has 0 bridgehead atoms. The van der Waals surface area contributed by atoms with Gasteiger partial charge in [0.1, 0.15) is 0 Å². The highest BCUT2D eigenvalue weighted by molar-refractivity contribution is 5.95. The minimum absolute atomic E-state index is 0.0356. The number of likely N-dealkylation sites (tertiary alicyclic amines) is 1. The molecular weight excluding hydrogens is 384 g/mol. The molecule has 1 saturated heterocycles. The van der Waals surface area contributed by atoms with Crippen LogP contribution in [-0.2, 0) is 14.3 Å². The maximum atomic E-state index is 12.5. The van der Waals surface area contributed by atoms with Crippen molar-refractivity contribution in [3.05, 3.63) is 41.6 Å². The van der Waals surface area contributed by atoms with Crippen molar-refractivity contribution >= 4 is 23.6 Å². The molecule has 1 aromatic rings. The van der Waals surface area contributed by atoms with Crippen molar-refractivity contribution in [1.29, 1.82) is 0 Å². The number of amides is 3. The Morgan fingerprint density at radius 2 is 1.87 bits per heavy atom. The number of carbonyl (C=O) groups is 3. The van der Waals surface area contributed by atoms with E-state index in [1.807, 2.05) is 37.3 Å². The summed E-state index contributed by atoms with van der Waals surface area (Å²) in [7, 11) is 0. The average molecular weight is 415 g/mol. The fourth-order valence-electron chi connectivity index (χ4n) is 3.93. The van der Waals surface area contributed by atoms with E-state index in [0.29, 0.717) is 37.3 Å². The standard InChI is InChI=1S/C22H30N4O4/c1-3-17-19(21(28)30-4-2)18(25-22(29)24-17)14-26-12-10-15(11-13-26)20(27)23-16-8-6-5-7-9-16/h5-9,15,17H,3-4,10-14H2,1-2H3,(H,23,27)(H2,24,25,29)/t17-/m1/s1. The third kappa shape index (κ3) is 5.38. The first-order chi connectivity index (χ1) is 14.5. The van der Waals surface area contributed by atoms with Crippen molar-refractivity contribution in [2.75, 3.05) is 31.6 Å². The van der Waals surface area contributed by atoms with Crippen molar-refractivity contribution in [2.24, 2.45) is 5.92 Å². The van der Waals surface area contributed by atoms with E-state index >= 15 is 0 Å². The van der Waals surface area contributed by atoms with Crippen LogP contribution in [0, 0.1) is 5.92 Å². The van der Waals surface area contributed by atoms with Gasteiger partial charge < -0.3 is 20.7 Å². The molecule has 8 nitrogen and oxygen atoms in total. The predicted molar refractivity (Wildman–Crippen MR) is 114 cm³/mol. The van der Waals surface area contributed by atoms with Gasteiger partial charge in [0.2, 0.25) is 5.91 Å². The fraction of sp³-hybridized carbons (Fsp3) is 0.500. The molecule has 0 saturated carbocycles. The van der Waals surface area contributed by atoms with Gasteiger partial charge >= 0.3 is 12.0 Å². The van der Waals surface area contributed by atoms with Gasteiger partial charge in [0.25, 0.3) is 0 Å². The highest BCUT2D eigenvalue weighted by Crippen LogP contribution is 2.23. The number of ether oxygens (including phenoxy) is 1. The highest BCUT2D eigenvalue weighted by Gasteiger charge is 2.33. The molecule has 3 rings (SSSR count). The Hall–Kier alpha value is -2.87. The Kier molecular flexibility index (Phi) is 7.46. The van der Waals surface area contributed by atoms with Gasteiger partial charge in [0.05, 0.1) is 18.2 Å². The Labute approximate surface area is 177 Å². The van der Waals surface area contributed by atoms with Gasteiger partial charge in [-0.3, -0.25) is 9.69 Å². The zero-order valence-corrected chi connectivity index (χ0v) is 17.6. The van der Waals surface area contributed by atoms with E-state index < -0.39 is 5.97 Å². The third-order valence-electron chi connectivity index (χ3n) is 5.53. The second-order valence-electron chi connectivity index (χ2n) is 7.58. The number of nitrogens with one attached hydrogen (secondary N) is 3. The lowest BCUT2D eigenvalue weighted by Gasteiger charge is -2.34. The van der Waals surface area contributed by atoms with Gasteiger partial charge in [-0.1, -0.05) is 25.1 Å². The van der Waals surface area contributed by atoms with Crippen molar-refractivity contribution in [3.8, 4) is 0 Å². The molecule has 2 heterocycles. The molecule has 0 spiro atoms. The summed E-state index contributed by atoms with van der Waals surface area (Å²) in [5.74, 6) is -0.413. The fourth-order valence-corrected chi connectivity index (χ4v) is 3.93. The number of piperidine rings is 1. The van der Waals surface area contributed by atoms with Crippen LogP contribution in [0.5, 0.6) is 0 Å². The van der Waals surface area contributed by atoms with Crippen LogP contribution in [0.15, 0.2) is 41.6 Å². The van der Waals surface area contributed by atoms with E-state index in [2.05, 4.69) is 20.9 Å². The second-order valence-corrected chi connectivity index (χ2v) is 7.58. The first-order valence-electron chi connectivity index (χ1n) is 10.6. The summed E-state index contributed by atoms with van der Waals surface area (Å²) in [6.07, 6.45) is 2.06. The van der Waals surface area contributed by atoms with Crippen LogP contribution in [0.1, 0.15) is 33.1 Å². The molecular formula is C22H30N4O4. The molecule has 8 heteroatoms.